The lowest BCUT2D eigenvalue weighted by Gasteiger charge is -2.47. The number of rotatable bonds is 20. The minimum absolute atomic E-state index is 0.00943. The van der Waals surface area contributed by atoms with Crippen molar-refractivity contribution in [3.05, 3.63) is 12.7 Å². The fourth-order valence-electron chi connectivity index (χ4n) is 6.76. The van der Waals surface area contributed by atoms with Crippen molar-refractivity contribution < 1.29 is 52.8 Å². The summed E-state index contributed by atoms with van der Waals surface area (Å²) < 4.78 is 27.0. The lowest BCUT2D eigenvalue weighted by Crippen LogP contribution is -2.52. The molecule has 0 bridgehead atoms. The summed E-state index contributed by atoms with van der Waals surface area (Å²) in [4.78, 5) is 61.5. The van der Waals surface area contributed by atoms with Gasteiger partial charge in [-0.2, -0.15) is 0 Å². The van der Waals surface area contributed by atoms with Crippen LogP contribution >= 0.6 is 0 Å². The van der Waals surface area contributed by atoms with Gasteiger partial charge in [-0.15, -0.1) is 0 Å². The molecule has 1 aliphatic carbocycles. The molecule has 0 aromatic carbocycles. The number of ether oxygens (including phenoxy) is 5. The zero-order valence-corrected chi connectivity index (χ0v) is 33.1. The standard InChI is InChI=1S/C38H66N2O11/c1-13-28(42)47-18-19-48-32(46)40-27-20-33(2,3)23-38(12,21-27)24-39-31(45)51-37(10,11)35(6,7)26-49-29(43)16-14-15-17-30(44)50-36(8,9)22-34(4,5)25-41/h13,27,41H,1,14-26H2,2-12H3,(H,39,45)(H,40,46). The Morgan fingerprint density at radius 3 is 2.00 bits per heavy atom. The summed E-state index contributed by atoms with van der Waals surface area (Å²) in [7, 11) is 0. The van der Waals surface area contributed by atoms with Gasteiger partial charge in [-0.05, 0) is 82.5 Å². The Labute approximate surface area is 305 Å². The molecule has 51 heavy (non-hydrogen) atoms. The molecule has 0 heterocycles. The molecule has 294 valence electrons. The van der Waals surface area contributed by atoms with E-state index in [-0.39, 0.29) is 67.5 Å². The average Bonchev–Trinajstić information content (AvgIpc) is 2.97. The molecule has 2 atom stereocenters. The lowest BCUT2D eigenvalue weighted by atomic mass is 9.62. The zero-order valence-electron chi connectivity index (χ0n) is 33.1. The first-order valence-electron chi connectivity index (χ1n) is 17.9. The molecule has 0 aromatic heterocycles. The van der Waals surface area contributed by atoms with E-state index in [0.29, 0.717) is 32.2 Å². The Bertz CT molecular complexity index is 1210. The maximum absolute atomic E-state index is 13.0. The van der Waals surface area contributed by atoms with E-state index in [0.717, 1.165) is 18.9 Å². The van der Waals surface area contributed by atoms with E-state index in [1.165, 1.54) is 0 Å². The van der Waals surface area contributed by atoms with Crippen LogP contribution in [0, 0.1) is 21.7 Å². The predicted octanol–water partition coefficient (Wildman–Crippen LogP) is 6.39. The number of amides is 2. The van der Waals surface area contributed by atoms with Crippen LogP contribution in [0.4, 0.5) is 9.59 Å². The van der Waals surface area contributed by atoms with E-state index in [4.69, 9.17) is 23.7 Å². The third-order valence-corrected chi connectivity index (χ3v) is 9.46. The van der Waals surface area contributed by atoms with Crippen molar-refractivity contribution in [1.29, 1.82) is 0 Å². The highest BCUT2D eigenvalue weighted by molar-refractivity contribution is 5.81. The van der Waals surface area contributed by atoms with Crippen LogP contribution in [0.1, 0.15) is 128 Å². The van der Waals surface area contributed by atoms with E-state index in [2.05, 4.69) is 38.0 Å². The van der Waals surface area contributed by atoms with Gasteiger partial charge >= 0.3 is 30.1 Å². The molecule has 0 aliphatic heterocycles. The maximum Gasteiger partial charge on any atom is 0.407 e. The van der Waals surface area contributed by atoms with E-state index in [1.807, 2.05) is 41.5 Å². The Morgan fingerprint density at radius 1 is 0.824 bits per heavy atom. The van der Waals surface area contributed by atoms with Crippen LogP contribution in [-0.4, -0.2) is 85.4 Å². The van der Waals surface area contributed by atoms with Crippen molar-refractivity contribution in [2.75, 3.05) is 33.0 Å². The van der Waals surface area contributed by atoms with Crippen LogP contribution < -0.4 is 10.6 Å². The molecule has 13 heteroatoms. The molecule has 2 amide bonds. The Hall–Kier alpha value is -3.35. The van der Waals surface area contributed by atoms with Gasteiger partial charge in [0.2, 0.25) is 0 Å². The van der Waals surface area contributed by atoms with Crippen molar-refractivity contribution >= 4 is 30.1 Å². The number of unbranched alkanes of at least 4 members (excludes halogenated alkanes) is 1. The van der Waals surface area contributed by atoms with Crippen molar-refractivity contribution in [3.63, 3.8) is 0 Å². The van der Waals surface area contributed by atoms with Gasteiger partial charge in [0.05, 0.1) is 0 Å². The molecule has 0 aromatic rings. The molecule has 2 unspecified atom stereocenters. The molecule has 1 fully saturated rings. The van der Waals surface area contributed by atoms with Gasteiger partial charge in [0.1, 0.15) is 31.0 Å². The maximum atomic E-state index is 13.0. The monoisotopic (exact) mass is 726 g/mol. The van der Waals surface area contributed by atoms with Crippen LogP contribution in [-0.2, 0) is 38.1 Å². The first-order chi connectivity index (χ1) is 23.2. The number of alkyl carbamates (subject to hydrolysis) is 2. The first kappa shape index (κ1) is 45.7. The average molecular weight is 727 g/mol. The number of aliphatic hydroxyl groups excluding tert-OH is 1. The molecular weight excluding hydrogens is 660 g/mol. The van der Waals surface area contributed by atoms with Crippen molar-refractivity contribution in [1.82, 2.24) is 10.6 Å². The summed E-state index contributed by atoms with van der Waals surface area (Å²) in [5.41, 5.74) is -3.29. The smallest absolute Gasteiger partial charge is 0.407 e. The largest absolute Gasteiger partial charge is 0.465 e. The minimum Gasteiger partial charge on any atom is -0.465 e. The van der Waals surface area contributed by atoms with Gasteiger partial charge in [0.25, 0.3) is 0 Å². The van der Waals surface area contributed by atoms with Crippen LogP contribution in [0.5, 0.6) is 0 Å². The van der Waals surface area contributed by atoms with Gasteiger partial charge in [-0.1, -0.05) is 55.0 Å². The number of hydrogen-bond donors (Lipinski definition) is 3. The van der Waals surface area contributed by atoms with Gasteiger partial charge in [0.15, 0.2) is 0 Å². The van der Waals surface area contributed by atoms with Crippen LogP contribution in [0.25, 0.3) is 0 Å². The van der Waals surface area contributed by atoms with Crippen LogP contribution in [0.3, 0.4) is 0 Å². The third-order valence-electron chi connectivity index (χ3n) is 9.46. The van der Waals surface area contributed by atoms with Gasteiger partial charge < -0.3 is 39.4 Å². The summed E-state index contributed by atoms with van der Waals surface area (Å²) in [6.07, 6.45) is 3.72. The summed E-state index contributed by atoms with van der Waals surface area (Å²) >= 11 is 0. The predicted molar refractivity (Wildman–Crippen MR) is 193 cm³/mol. The minimum atomic E-state index is -1.00. The lowest BCUT2D eigenvalue weighted by molar-refractivity contribution is -0.160. The Kier molecular flexibility index (Phi) is 17.0. The second-order valence-electron chi connectivity index (χ2n) is 17.6. The summed E-state index contributed by atoms with van der Waals surface area (Å²) in [6.45, 7) is 24.5. The fourth-order valence-corrected chi connectivity index (χ4v) is 6.76. The van der Waals surface area contributed by atoms with E-state index in [1.54, 1.807) is 13.8 Å². The second kappa shape index (κ2) is 18.9. The van der Waals surface area contributed by atoms with Crippen molar-refractivity contribution in [2.24, 2.45) is 21.7 Å². The fraction of sp³-hybridized carbons (Fsp3) is 0.816. The van der Waals surface area contributed by atoms with Crippen LogP contribution in [0.15, 0.2) is 12.7 Å². The van der Waals surface area contributed by atoms with Crippen molar-refractivity contribution in [3.8, 4) is 0 Å². The van der Waals surface area contributed by atoms with Crippen LogP contribution in [0.2, 0.25) is 0 Å². The zero-order chi connectivity index (χ0) is 39.3. The number of esters is 3. The normalized spacial score (nSPS) is 19.3. The molecule has 13 nitrogen and oxygen atoms in total. The highest BCUT2D eigenvalue weighted by atomic mass is 16.6. The highest BCUT2D eigenvalue weighted by Gasteiger charge is 2.44. The molecular formula is C38H66N2O11. The van der Waals surface area contributed by atoms with Gasteiger partial charge in [0, 0.05) is 43.5 Å². The topological polar surface area (TPSA) is 176 Å². The second-order valence-corrected chi connectivity index (χ2v) is 17.6. The number of aliphatic hydroxyl groups is 1. The first-order valence-corrected chi connectivity index (χ1v) is 17.9. The summed E-state index contributed by atoms with van der Waals surface area (Å²) in [6, 6.07) is -0.194. The van der Waals surface area contributed by atoms with Gasteiger partial charge in [-0.25, -0.2) is 14.4 Å². The number of hydrogen-bond acceptors (Lipinski definition) is 11. The molecule has 3 N–H and O–H groups in total. The summed E-state index contributed by atoms with van der Waals surface area (Å²) in [5.74, 6) is -1.34. The molecule has 1 aliphatic rings. The number of carbonyl (C=O) groups excluding carboxylic acids is 5. The Balaban J connectivity index is 2.54. The SMILES string of the molecule is C=CC(=O)OCCOC(=O)NC1CC(C)(C)CC(C)(CNC(=O)OC(C)(C)C(C)(C)COC(=O)CCCCC(=O)OC(C)(C)CC(C)(C)CO)C1. The quantitative estimate of drug-likeness (QED) is 0.0548. The number of carbonyl (C=O) groups is 5. The molecule has 0 saturated heterocycles. The number of nitrogens with one attached hydrogen (secondary N) is 2. The Morgan fingerprint density at radius 2 is 1.41 bits per heavy atom. The van der Waals surface area contributed by atoms with Crippen molar-refractivity contribution in [2.45, 2.75) is 145 Å². The highest BCUT2D eigenvalue weighted by Crippen LogP contribution is 2.46. The molecule has 1 rings (SSSR count). The van der Waals surface area contributed by atoms with E-state index < -0.39 is 40.7 Å². The molecule has 0 spiro atoms. The summed E-state index contributed by atoms with van der Waals surface area (Å²) in [5, 5.41) is 15.3. The van der Waals surface area contributed by atoms with E-state index >= 15 is 0 Å². The third kappa shape index (κ3) is 17.6. The molecule has 0 radical (unpaired) electrons. The van der Waals surface area contributed by atoms with Gasteiger partial charge in [-0.3, -0.25) is 9.59 Å². The van der Waals surface area contributed by atoms with E-state index in [9.17, 15) is 29.1 Å². The molecule has 1 saturated carbocycles.